The first-order valence-corrected chi connectivity index (χ1v) is 12.4. The maximum atomic E-state index is 13.1. The summed E-state index contributed by atoms with van der Waals surface area (Å²) in [5, 5.41) is 3.86. The van der Waals surface area contributed by atoms with Gasteiger partial charge in [0.05, 0.1) is 11.5 Å². The molecule has 1 saturated heterocycles. The molecule has 4 rings (SSSR count). The van der Waals surface area contributed by atoms with Gasteiger partial charge in [0.25, 0.3) is 5.91 Å². The summed E-state index contributed by atoms with van der Waals surface area (Å²) in [6.07, 6.45) is 10.0. The van der Waals surface area contributed by atoms with Gasteiger partial charge < -0.3 is 14.6 Å². The Hall–Kier alpha value is -2.16. The zero-order chi connectivity index (χ0) is 22.5. The van der Waals surface area contributed by atoms with E-state index in [1.54, 1.807) is 12.0 Å². The SMILES string of the molecule is COCCNC(=O)Cn1cc(/C=C2\SC(=S)N(CCC3CCCC3)C2=O)c2ccccc21. The quantitative estimate of drug-likeness (QED) is 0.338. The van der Waals surface area contributed by atoms with E-state index in [-0.39, 0.29) is 18.4 Å². The van der Waals surface area contributed by atoms with Gasteiger partial charge in [-0.25, -0.2) is 0 Å². The minimum atomic E-state index is -0.0763. The number of thioether (sulfide) groups is 1. The molecular formula is C24H29N3O3S2. The third kappa shape index (κ3) is 5.24. The molecule has 8 heteroatoms. The second-order valence-corrected chi connectivity index (χ2v) is 10.0. The molecule has 2 heterocycles. The number of carbonyl (C=O) groups excluding carboxylic acids is 2. The molecule has 1 aromatic heterocycles. The van der Waals surface area contributed by atoms with Crippen LogP contribution in [-0.2, 0) is 20.9 Å². The van der Waals surface area contributed by atoms with Crippen molar-refractivity contribution < 1.29 is 14.3 Å². The number of hydrogen-bond donors (Lipinski definition) is 1. The van der Waals surface area contributed by atoms with Gasteiger partial charge in [0.2, 0.25) is 5.91 Å². The van der Waals surface area contributed by atoms with E-state index in [9.17, 15) is 9.59 Å². The molecule has 2 aliphatic rings. The van der Waals surface area contributed by atoms with Crippen molar-refractivity contribution in [2.45, 2.75) is 38.6 Å². The first kappa shape index (κ1) is 23.0. The van der Waals surface area contributed by atoms with E-state index >= 15 is 0 Å². The standard InChI is InChI=1S/C24H29N3O3S2/c1-30-13-11-25-22(28)16-26-15-18(19-8-4-5-9-20(19)26)14-21-23(29)27(24(31)32-21)12-10-17-6-2-3-7-17/h4-5,8-9,14-15,17H,2-3,6-7,10-13,16H2,1H3,(H,25,28)/b21-14-. The number of rotatable bonds is 9. The minimum absolute atomic E-state index is 0.00728. The van der Waals surface area contributed by atoms with Gasteiger partial charge >= 0.3 is 0 Å². The van der Waals surface area contributed by atoms with Crippen molar-refractivity contribution in [3.63, 3.8) is 0 Å². The van der Waals surface area contributed by atoms with Crippen molar-refractivity contribution in [3.8, 4) is 0 Å². The van der Waals surface area contributed by atoms with E-state index in [4.69, 9.17) is 17.0 Å². The van der Waals surface area contributed by atoms with Gasteiger partial charge in [-0.1, -0.05) is 67.9 Å². The van der Waals surface area contributed by atoms with Crippen LogP contribution in [0.2, 0.25) is 0 Å². The molecule has 0 bridgehead atoms. The average Bonchev–Trinajstić information content (AvgIpc) is 3.48. The van der Waals surface area contributed by atoms with Crippen LogP contribution in [0.5, 0.6) is 0 Å². The molecule has 32 heavy (non-hydrogen) atoms. The van der Waals surface area contributed by atoms with E-state index in [0.29, 0.717) is 28.9 Å². The number of methoxy groups -OCH3 is 1. The molecule has 2 aromatic rings. The molecular weight excluding hydrogens is 442 g/mol. The molecule has 2 amide bonds. The lowest BCUT2D eigenvalue weighted by Crippen LogP contribution is -2.30. The van der Waals surface area contributed by atoms with Crippen molar-refractivity contribution in [2.75, 3.05) is 26.8 Å². The number of amides is 2. The van der Waals surface area contributed by atoms with Crippen LogP contribution in [0.4, 0.5) is 0 Å². The van der Waals surface area contributed by atoms with Crippen LogP contribution in [0.15, 0.2) is 35.4 Å². The number of para-hydroxylation sites is 1. The number of carbonyl (C=O) groups is 2. The molecule has 1 N–H and O–H groups in total. The molecule has 6 nitrogen and oxygen atoms in total. The van der Waals surface area contributed by atoms with E-state index in [2.05, 4.69) is 5.32 Å². The lowest BCUT2D eigenvalue weighted by atomic mass is 10.0. The van der Waals surface area contributed by atoms with Gasteiger partial charge in [-0.05, 0) is 24.5 Å². The van der Waals surface area contributed by atoms with Crippen molar-refractivity contribution in [3.05, 3.63) is 40.9 Å². The largest absolute Gasteiger partial charge is 0.383 e. The van der Waals surface area contributed by atoms with Crippen molar-refractivity contribution >= 4 is 57.1 Å². The van der Waals surface area contributed by atoms with Crippen LogP contribution in [0, 0.1) is 5.92 Å². The van der Waals surface area contributed by atoms with Crippen LogP contribution in [0.25, 0.3) is 17.0 Å². The summed E-state index contributed by atoms with van der Waals surface area (Å²) in [4.78, 5) is 27.8. The molecule has 1 saturated carbocycles. The Labute approximate surface area is 198 Å². The van der Waals surface area contributed by atoms with Crippen LogP contribution in [0.3, 0.4) is 0 Å². The van der Waals surface area contributed by atoms with E-state index in [1.807, 2.05) is 41.1 Å². The zero-order valence-corrected chi connectivity index (χ0v) is 20.0. The minimum Gasteiger partial charge on any atom is -0.383 e. The predicted octanol–water partition coefficient (Wildman–Crippen LogP) is 4.19. The Bertz CT molecular complexity index is 1040. The fourth-order valence-corrected chi connectivity index (χ4v) is 5.77. The normalized spacial score (nSPS) is 18.4. The Balaban J connectivity index is 1.51. The summed E-state index contributed by atoms with van der Waals surface area (Å²) in [5.74, 6) is 0.636. The fourth-order valence-electron chi connectivity index (χ4n) is 4.47. The number of thiocarbonyl (C=S) groups is 1. The van der Waals surface area contributed by atoms with Gasteiger partial charge in [-0.3, -0.25) is 14.5 Å². The number of aromatic nitrogens is 1. The number of benzene rings is 1. The summed E-state index contributed by atoms with van der Waals surface area (Å²) < 4.78 is 7.55. The highest BCUT2D eigenvalue weighted by molar-refractivity contribution is 8.26. The van der Waals surface area contributed by atoms with Crippen LogP contribution in [0.1, 0.15) is 37.7 Å². The lowest BCUT2D eigenvalue weighted by molar-refractivity contribution is -0.122. The zero-order valence-electron chi connectivity index (χ0n) is 18.3. The van der Waals surface area contributed by atoms with Gasteiger partial charge in [0.15, 0.2) is 0 Å². The van der Waals surface area contributed by atoms with Crippen LogP contribution < -0.4 is 5.32 Å². The Morgan fingerprint density at radius 1 is 1.31 bits per heavy atom. The molecule has 1 aliphatic heterocycles. The summed E-state index contributed by atoms with van der Waals surface area (Å²) >= 11 is 6.89. The Morgan fingerprint density at radius 2 is 2.09 bits per heavy atom. The smallest absolute Gasteiger partial charge is 0.266 e. The predicted molar refractivity (Wildman–Crippen MR) is 133 cm³/mol. The molecule has 1 aliphatic carbocycles. The third-order valence-electron chi connectivity index (χ3n) is 6.16. The van der Waals surface area contributed by atoms with Gasteiger partial charge in [0.1, 0.15) is 10.9 Å². The highest BCUT2D eigenvalue weighted by Crippen LogP contribution is 2.36. The summed E-state index contributed by atoms with van der Waals surface area (Å²) in [7, 11) is 1.61. The number of hydrogen-bond acceptors (Lipinski definition) is 5. The maximum Gasteiger partial charge on any atom is 0.266 e. The maximum absolute atomic E-state index is 13.1. The topological polar surface area (TPSA) is 63.6 Å². The number of ether oxygens (including phenoxy) is 1. The van der Waals surface area contributed by atoms with Gasteiger partial charge in [-0.15, -0.1) is 0 Å². The van der Waals surface area contributed by atoms with Gasteiger partial charge in [0, 0.05) is 42.9 Å². The number of nitrogens with zero attached hydrogens (tertiary/aromatic N) is 2. The average molecular weight is 472 g/mol. The Morgan fingerprint density at radius 3 is 2.88 bits per heavy atom. The Kier molecular flexibility index (Phi) is 7.65. The molecule has 0 atom stereocenters. The van der Waals surface area contributed by atoms with E-state index < -0.39 is 0 Å². The van der Waals surface area contributed by atoms with E-state index in [1.165, 1.54) is 37.4 Å². The highest BCUT2D eigenvalue weighted by atomic mass is 32.2. The molecule has 2 fully saturated rings. The van der Waals surface area contributed by atoms with E-state index in [0.717, 1.165) is 28.8 Å². The number of nitrogens with one attached hydrogen (secondary N) is 1. The number of fused-ring (bicyclic) bond motifs is 1. The first-order chi connectivity index (χ1) is 15.6. The fraction of sp³-hybridized carbons (Fsp3) is 0.458. The highest BCUT2D eigenvalue weighted by Gasteiger charge is 2.32. The first-order valence-electron chi connectivity index (χ1n) is 11.2. The summed E-state index contributed by atoms with van der Waals surface area (Å²) in [5.41, 5.74) is 1.87. The van der Waals surface area contributed by atoms with Crippen LogP contribution >= 0.6 is 24.0 Å². The molecule has 170 valence electrons. The van der Waals surface area contributed by atoms with Crippen LogP contribution in [-0.4, -0.2) is 52.4 Å². The van der Waals surface area contributed by atoms with Crippen molar-refractivity contribution in [2.24, 2.45) is 5.92 Å². The molecule has 1 aromatic carbocycles. The van der Waals surface area contributed by atoms with Crippen molar-refractivity contribution in [1.82, 2.24) is 14.8 Å². The third-order valence-corrected chi connectivity index (χ3v) is 7.54. The second kappa shape index (κ2) is 10.6. The summed E-state index contributed by atoms with van der Waals surface area (Å²) in [6, 6.07) is 7.92. The van der Waals surface area contributed by atoms with Crippen molar-refractivity contribution in [1.29, 1.82) is 0 Å². The second-order valence-electron chi connectivity index (χ2n) is 8.34. The lowest BCUT2D eigenvalue weighted by Gasteiger charge is -2.17. The van der Waals surface area contributed by atoms with Gasteiger partial charge in [-0.2, -0.15) is 0 Å². The molecule has 0 spiro atoms. The monoisotopic (exact) mass is 471 g/mol. The molecule has 0 unspecified atom stereocenters. The molecule has 0 radical (unpaired) electrons. The summed E-state index contributed by atoms with van der Waals surface area (Å²) in [6.45, 7) is 1.87.